The molecule has 2 N–H and O–H groups in total. The van der Waals surface area contributed by atoms with Crippen molar-refractivity contribution in [1.29, 1.82) is 0 Å². The van der Waals surface area contributed by atoms with Gasteiger partial charge in [0.05, 0.1) is 7.11 Å². The second-order valence-electron chi connectivity index (χ2n) is 4.80. The maximum absolute atomic E-state index is 11.8. The number of ether oxygens (including phenoxy) is 1. The topological polar surface area (TPSA) is 80.6 Å². The zero-order valence-corrected chi connectivity index (χ0v) is 12.7. The highest BCUT2D eigenvalue weighted by molar-refractivity contribution is 6.39. The number of carbonyl (C=O) groups is 2. The molecule has 1 heterocycles. The molecular weight excluding hydrogens is 284 g/mol. The minimum atomic E-state index is -0.719. The first-order valence-electron chi connectivity index (χ1n) is 6.78. The van der Waals surface area contributed by atoms with E-state index in [0.717, 1.165) is 17.1 Å². The summed E-state index contributed by atoms with van der Waals surface area (Å²) >= 11 is 0. The van der Waals surface area contributed by atoms with Crippen LogP contribution in [-0.2, 0) is 16.1 Å². The Kier molecular flexibility index (Phi) is 4.83. The van der Waals surface area contributed by atoms with Crippen molar-refractivity contribution in [3.05, 3.63) is 47.4 Å². The predicted octanol–water partition coefficient (Wildman–Crippen LogP) is 2.16. The van der Waals surface area contributed by atoms with Crippen LogP contribution < -0.4 is 15.4 Å². The molecule has 0 bridgehead atoms. The molecule has 6 nitrogen and oxygen atoms in total. The van der Waals surface area contributed by atoms with Crippen molar-refractivity contribution in [2.45, 2.75) is 20.4 Å². The molecule has 0 radical (unpaired) electrons. The molecule has 2 aromatic rings. The summed E-state index contributed by atoms with van der Waals surface area (Å²) in [5, 5.41) is 5.08. The van der Waals surface area contributed by atoms with Crippen LogP contribution in [0.25, 0.3) is 0 Å². The molecule has 0 atom stereocenters. The van der Waals surface area contributed by atoms with Gasteiger partial charge in [0, 0.05) is 17.8 Å². The van der Waals surface area contributed by atoms with E-state index in [-0.39, 0.29) is 6.54 Å². The lowest BCUT2D eigenvalue weighted by Gasteiger charge is -2.07. The van der Waals surface area contributed by atoms with E-state index in [1.165, 1.54) is 0 Å². The van der Waals surface area contributed by atoms with Crippen molar-refractivity contribution < 1.29 is 18.7 Å². The minimum Gasteiger partial charge on any atom is -0.497 e. The van der Waals surface area contributed by atoms with Gasteiger partial charge in [0.1, 0.15) is 17.3 Å². The number of methoxy groups -OCH3 is 1. The first kappa shape index (κ1) is 15.6. The molecule has 116 valence electrons. The number of hydrogen-bond donors (Lipinski definition) is 2. The van der Waals surface area contributed by atoms with Crippen molar-refractivity contribution in [2.24, 2.45) is 0 Å². The Morgan fingerprint density at radius 2 is 1.82 bits per heavy atom. The van der Waals surface area contributed by atoms with Crippen LogP contribution in [0.3, 0.4) is 0 Å². The fourth-order valence-corrected chi connectivity index (χ4v) is 1.98. The molecule has 0 aliphatic rings. The number of amides is 2. The average Bonchev–Trinajstić information content (AvgIpc) is 2.83. The van der Waals surface area contributed by atoms with Crippen molar-refractivity contribution in [1.82, 2.24) is 5.32 Å². The third-order valence-electron chi connectivity index (χ3n) is 3.14. The van der Waals surface area contributed by atoms with Crippen molar-refractivity contribution in [3.8, 4) is 5.75 Å². The fraction of sp³-hybridized carbons (Fsp3) is 0.250. The smallest absolute Gasteiger partial charge is 0.313 e. The molecule has 0 unspecified atom stereocenters. The monoisotopic (exact) mass is 302 g/mol. The maximum Gasteiger partial charge on any atom is 0.313 e. The number of benzene rings is 1. The van der Waals surface area contributed by atoms with Crippen LogP contribution >= 0.6 is 0 Å². The van der Waals surface area contributed by atoms with E-state index in [1.54, 1.807) is 31.4 Å². The molecule has 22 heavy (non-hydrogen) atoms. The summed E-state index contributed by atoms with van der Waals surface area (Å²) < 4.78 is 10.4. The van der Waals surface area contributed by atoms with E-state index in [1.807, 2.05) is 19.9 Å². The van der Waals surface area contributed by atoms with Gasteiger partial charge in [-0.2, -0.15) is 0 Å². The highest BCUT2D eigenvalue weighted by Crippen LogP contribution is 2.15. The number of nitrogens with one attached hydrogen (secondary N) is 2. The molecule has 0 saturated carbocycles. The summed E-state index contributed by atoms with van der Waals surface area (Å²) in [4.78, 5) is 23.6. The van der Waals surface area contributed by atoms with Gasteiger partial charge in [0.25, 0.3) is 0 Å². The van der Waals surface area contributed by atoms with Gasteiger partial charge in [0.15, 0.2) is 0 Å². The van der Waals surface area contributed by atoms with E-state index in [9.17, 15) is 9.59 Å². The van der Waals surface area contributed by atoms with E-state index in [2.05, 4.69) is 10.6 Å². The Morgan fingerprint density at radius 3 is 2.36 bits per heavy atom. The molecule has 1 aromatic heterocycles. The van der Waals surface area contributed by atoms with Gasteiger partial charge in [-0.1, -0.05) is 0 Å². The summed E-state index contributed by atoms with van der Waals surface area (Å²) in [6.45, 7) is 3.89. The first-order valence-corrected chi connectivity index (χ1v) is 6.78. The summed E-state index contributed by atoms with van der Waals surface area (Å²) in [5.74, 6) is 0.753. The van der Waals surface area contributed by atoms with Gasteiger partial charge in [-0.25, -0.2) is 0 Å². The summed E-state index contributed by atoms with van der Waals surface area (Å²) in [7, 11) is 1.56. The molecule has 2 rings (SSSR count). The molecule has 0 saturated heterocycles. The van der Waals surface area contributed by atoms with Crippen LogP contribution in [0.15, 0.2) is 34.7 Å². The highest BCUT2D eigenvalue weighted by Gasteiger charge is 2.14. The number of rotatable bonds is 4. The fourth-order valence-electron chi connectivity index (χ4n) is 1.98. The van der Waals surface area contributed by atoms with Crippen LogP contribution in [0.1, 0.15) is 17.1 Å². The lowest BCUT2D eigenvalue weighted by Crippen LogP contribution is -2.35. The average molecular weight is 302 g/mol. The van der Waals surface area contributed by atoms with Crippen LogP contribution in [0.4, 0.5) is 5.69 Å². The minimum absolute atomic E-state index is 0.248. The van der Waals surface area contributed by atoms with E-state index in [0.29, 0.717) is 11.4 Å². The van der Waals surface area contributed by atoms with Crippen molar-refractivity contribution in [3.63, 3.8) is 0 Å². The second-order valence-corrected chi connectivity index (χ2v) is 4.80. The lowest BCUT2D eigenvalue weighted by atomic mass is 10.2. The van der Waals surface area contributed by atoms with Crippen LogP contribution in [0.2, 0.25) is 0 Å². The first-order chi connectivity index (χ1) is 10.5. The van der Waals surface area contributed by atoms with Gasteiger partial charge in [0.2, 0.25) is 0 Å². The SMILES string of the molecule is COc1ccc(NC(=O)C(=O)NCc2cc(C)oc2C)cc1. The zero-order chi connectivity index (χ0) is 16.1. The molecule has 2 amide bonds. The van der Waals surface area contributed by atoms with Crippen LogP contribution in [0, 0.1) is 13.8 Å². The summed E-state index contributed by atoms with van der Waals surface area (Å²) in [5.41, 5.74) is 1.37. The Morgan fingerprint density at radius 1 is 1.14 bits per heavy atom. The lowest BCUT2D eigenvalue weighted by molar-refractivity contribution is -0.136. The Balaban J connectivity index is 1.88. The van der Waals surface area contributed by atoms with E-state index < -0.39 is 11.8 Å². The van der Waals surface area contributed by atoms with E-state index >= 15 is 0 Å². The molecule has 1 aromatic carbocycles. The number of hydrogen-bond acceptors (Lipinski definition) is 4. The molecule has 0 aliphatic carbocycles. The summed E-state index contributed by atoms with van der Waals surface area (Å²) in [6.07, 6.45) is 0. The molecule has 6 heteroatoms. The second kappa shape index (κ2) is 6.80. The van der Waals surface area contributed by atoms with Gasteiger partial charge in [-0.15, -0.1) is 0 Å². The zero-order valence-electron chi connectivity index (χ0n) is 12.7. The normalized spacial score (nSPS) is 10.1. The van der Waals surface area contributed by atoms with Gasteiger partial charge in [-0.3, -0.25) is 9.59 Å². The van der Waals surface area contributed by atoms with Crippen LogP contribution in [-0.4, -0.2) is 18.9 Å². The number of aryl methyl sites for hydroxylation is 2. The molecule has 0 spiro atoms. The third-order valence-corrected chi connectivity index (χ3v) is 3.14. The maximum atomic E-state index is 11.8. The Bertz CT molecular complexity index is 674. The summed E-state index contributed by atoms with van der Waals surface area (Å²) in [6, 6.07) is 8.55. The van der Waals surface area contributed by atoms with Crippen molar-refractivity contribution in [2.75, 3.05) is 12.4 Å². The molecular formula is C16H18N2O4. The van der Waals surface area contributed by atoms with E-state index in [4.69, 9.17) is 9.15 Å². The number of carbonyl (C=O) groups excluding carboxylic acids is 2. The molecule has 0 aliphatic heterocycles. The number of anilines is 1. The van der Waals surface area contributed by atoms with Gasteiger partial charge in [-0.05, 0) is 44.2 Å². The predicted molar refractivity (Wildman–Crippen MR) is 81.7 cm³/mol. The largest absolute Gasteiger partial charge is 0.497 e. The highest BCUT2D eigenvalue weighted by atomic mass is 16.5. The van der Waals surface area contributed by atoms with Crippen LogP contribution in [0.5, 0.6) is 5.75 Å². The van der Waals surface area contributed by atoms with Crippen molar-refractivity contribution >= 4 is 17.5 Å². The molecule has 0 fully saturated rings. The number of furan rings is 1. The third kappa shape index (κ3) is 3.88. The Labute approximate surface area is 128 Å². The standard InChI is InChI=1S/C16H18N2O4/c1-10-8-12(11(2)22-10)9-17-15(19)16(20)18-13-4-6-14(21-3)7-5-13/h4-8H,9H2,1-3H3,(H,17,19)(H,18,20). The van der Waals surface area contributed by atoms with Gasteiger partial charge < -0.3 is 19.8 Å². The quantitative estimate of drug-likeness (QED) is 0.848. The van der Waals surface area contributed by atoms with Gasteiger partial charge >= 0.3 is 11.8 Å². The Hall–Kier alpha value is -2.76.